The molecule has 0 spiro atoms. The number of likely N-dealkylation sites (tertiary alicyclic amines) is 1. The Bertz CT molecular complexity index is 482. The average molecular weight is 306 g/mol. The van der Waals surface area contributed by atoms with Gasteiger partial charge in [0.25, 0.3) is 0 Å². The Balaban J connectivity index is 1.56. The van der Waals surface area contributed by atoms with Crippen LogP contribution in [0.3, 0.4) is 0 Å². The van der Waals surface area contributed by atoms with E-state index in [0.717, 1.165) is 25.2 Å². The van der Waals surface area contributed by atoms with Gasteiger partial charge in [-0.3, -0.25) is 19.3 Å². The molecule has 3 aliphatic rings. The summed E-state index contributed by atoms with van der Waals surface area (Å²) in [5.41, 5.74) is 0. The van der Waals surface area contributed by atoms with Gasteiger partial charge in [-0.25, -0.2) is 0 Å². The Kier molecular flexibility index (Phi) is 4.24. The second-order valence-electron chi connectivity index (χ2n) is 7.42. The highest BCUT2D eigenvalue weighted by molar-refractivity contribution is 6.05. The van der Waals surface area contributed by atoms with Crippen LogP contribution in [0.1, 0.15) is 51.9 Å². The molecule has 3 unspecified atom stereocenters. The molecule has 122 valence electrons. The zero-order valence-electron chi connectivity index (χ0n) is 13.5. The van der Waals surface area contributed by atoms with E-state index in [4.69, 9.17) is 0 Å². The normalized spacial score (nSPS) is 38.8. The Morgan fingerprint density at radius 3 is 2.32 bits per heavy atom. The van der Waals surface area contributed by atoms with Gasteiger partial charge in [-0.1, -0.05) is 6.92 Å². The van der Waals surface area contributed by atoms with Gasteiger partial charge < -0.3 is 5.32 Å². The van der Waals surface area contributed by atoms with Crippen LogP contribution >= 0.6 is 0 Å². The number of carbonyl (C=O) groups is 3. The van der Waals surface area contributed by atoms with E-state index >= 15 is 0 Å². The van der Waals surface area contributed by atoms with Gasteiger partial charge in [0.15, 0.2) is 0 Å². The van der Waals surface area contributed by atoms with E-state index in [2.05, 4.69) is 12.2 Å². The zero-order valence-corrected chi connectivity index (χ0v) is 13.5. The summed E-state index contributed by atoms with van der Waals surface area (Å²) in [6.45, 7) is 2.26. The molecule has 1 N–H and O–H groups in total. The fraction of sp³-hybridized carbons (Fsp3) is 0.824. The molecule has 2 saturated carbocycles. The van der Waals surface area contributed by atoms with Crippen molar-refractivity contribution in [3.63, 3.8) is 0 Å². The van der Waals surface area contributed by atoms with E-state index in [9.17, 15) is 14.4 Å². The lowest BCUT2D eigenvalue weighted by Gasteiger charge is -2.31. The van der Waals surface area contributed by atoms with Crippen molar-refractivity contribution in [2.75, 3.05) is 7.05 Å². The fourth-order valence-corrected chi connectivity index (χ4v) is 4.31. The van der Waals surface area contributed by atoms with Gasteiger partial charge in [0.2, 0.25) is 17.7 Å². The number of carbonyl (C=O) groups excluding carboxylic acids is 3. The first-order valence-corrected chi connectivity index (χ1v) is 8.59. The molecule has 3 rings (SSSR count). The minimum Gasteiger partial charge on any atom is -0.353 e. The summed E-state index contributed by atoms with van der Waals surface area (Å²) in [5, 5.41) is 3.18. The van der Waals surface area contributed by atoms with Gasteiger partial charge in [0, 0.05) is 19.0 Å². The van der Waals surface area contributed by atoms with Crippen LogP contribution in [0.4, 0.5) is 0 Å². The molecule has 3 atom stereocenters. The van der Waals surface area contributed by atoms with Crippen molar-refractivity contribution < 1.29 is 14.4 Å². The number of fused-ring (bicyclic) bond motifs is 1. The zero-order chi connectivity index (χ0) is 15.9. The Labute approximate surface area is 131 Å². The molecule has 22 heavy (non-hydrogen) atoms. The third-order valence-corrected chi connectivity index (χ3v) is 5.88. The quantitative estimate of drug-likeness (QED) is 0.790. The average Bonchev–Trinajstić information content (AvgIpc) is 2.74. The standard InChI is InChI=1S/C17H26N2O3/c1-10-3-6-12(7-4-10)18-15(20)11-5-8-13-14(9-11)17(22)19(2)16(13)21/h10-14H,3-9H2,1-2H3,(H,18,20). The summed E-state index contributed by atoms with van der Waals surface area (Å²) in [6.07, 6.45) is 6.41. The summed E-state index contributed by atoms with van der Waals surface area (Å²) in [6, 6.07) is 0.296. The molecule has 1 aliphatic heterocycles. The minimum absolute atomic E-state index is 0.0601. The fourth-order valence-electron chi connectivity index (χ4n) is 4.31. The highest BCUT2D eigenvalue weighted by Gasteiger charge is 2.49. The van der Waals surface area contributed by atoms with Crippen LogP contribution in [-0.2, 0) is 14.4 Å². The Hall–Kier alpha value is -1.39. The van der Waals surface area contributed by atoms with Crippen molar-refractivity contribution in [2.45, 2.75) is 57.9 Å². The second kappa shape index (κ2) is 6.01. The molecular weight excluding hydrogens is 280 g/mol. The van der Waals surface area contributed by atoms with Crippen LogP contribution in [0.2, 0.25) is 0 Å². The van der Waals surface area contributed by atoms with Crippen LogP contribution in [0.5, 0.6) is 0 Å². The minimum atomic E-state index is -0.270. The summed E-state index contributed by atoms with van der Waals surface area (Å²) in [7, 11) is 1.56. The van der Waals surface area contributed by atoms with E-state index in [1.54, 1.807) is 7.05 Å². The maximum atomic E-state index is 12.5. The Morgan fingerprint density at radius 1 is 1.00 bits per heavy atom. The van der Waals surface area contributed by atoms with E-state index in [1.807, 2.05) is 0 Å². The van der Waals surface area contributed by atoms with Gasteiger partial charge in [0.05, 0.1) is 11.8 Å². The van der Waals surface area contributed by atoms with E-state index < -0.39 is 0 Å². The van der Waals surface area contributed by atoms with Gasteiger partial charge in [-0.05, 0) is 50.9 Å². The summed E-state index contributed by atoms with van der Waals surface area (Å²) >= 11 is 0. The van der Waals surface area contributed by atoms with Crippen LogP contribution in [-0.4, -0.2) is 35.7 Å². The molecular formula is C17H26N2O3. The number of nitrogens with one attached hydrogen (secondary N) is 1. The summed E-state index contributed by atoms with van der Waals surface area (Å²) < 4.78 is 0. The molecule has 0 radical (unpaired) electrons. The number of nitrogens with zero attached hydrogens (tertiary/aromatic N) is 1. The van der Waals surface area contributed by atoms with Gasteiger partial charge in [-0.15, -0.1) is 0 Å². The highest BCUT2D eigenvalue weighted by atomic mass is 16.2. The molecule has 1 saturated heterocycles. The van der Waals surface area contributed by atoms with Crippen molar-refractivity contribution in [1.82, 2.24) is 10.2 Å². The predicted octanol–water partition coefficient (Wildman–Crippen LogP) is 1.71. The lowest BCUT2D eigenvalue weighted by molar-refractivity contribution is -0.138. The third-order valence-electron chi connectivity index (χ3n) is 5.88. The smallest absolute Gasteiger partial charge is 0.232 e. The van der Waals surface area contributed by atoms with Crippen molar-refractivity contribution in [3.8, 4) is 0 Å². The molecule has 1 heterocycles. The lowest BCUT2D eigenvalue weighted by atomic mass is 9.75. The molecule has 5 nitrogen and oxygen atoms in total. The first kappa shape index (κ1) is 15.5. The van der Waals surface area contributed by atoms with Crippen molar-refractivity contribution >= 4 is 17.7 Å². The molecule has 0 aromatic carbocycles. The van der Waals surface area contributed by atoms with E-state index in [0.29, 0.717) is 18.9 Å². The number of hydrogen-bond acceptors (Lipinski definition) is 3. The van der Waals surface area contributed by atoms with Crippen molar-refractivity contribution in [3.05, 3.63) is 0 Å². The molecule has 3 fully saturated rings. The Morgan fingerprint density at radius 2 is 1.64 bits per heavy atom. The van der Waals surface area contributed by atoms with Crippen LogP contribution in [0.25, 0.3) is 0 Å². The number of amides is 3. The van der Waals surface area contributed by atoms with Gasteiger partial charge >= 0.3 is 0 Å². The molecule has 3 amide bonds. The van der Waals surface area contributed by atoms with Crippen molar-refractivity contribution in [2.24, 2.45) is 23.7 Å². The largest absolute Gasteiger partial charge is 0.353 e. The molecule has 0 aromatic heterocycles. The maximum Gasteiger partial charge on any atom is 0.232 e. The van der Waals surface area contributed by atoms with Crippen LogP contribution < -0.4 is 5.32 Å². The monoisotopic (exact) mass is 306 g/mol. The second-order valence-corrected chi connectivity index (χ2v) is 7.42. The van der Waals surface area contributed by atoms with Crippen LogP contribution in [0, 0.1) is 23.7 Å². The predicted molar refractivity (Wildman–Crippen MR) is 81.7 cm³/mol. The summed E-state index contributed by atoms with van der Waals surface area (Å²) in [4.78, 5) is 37.8. The topological polar surface area (TPSA) is 66.5 Å². The maximum absolute atomic E-state index is 12.5. The molecule has 5 heteroatoms. The number of rotatable bonds is 2. The lowest BCUT2D eigenvalue weighted by Crippen LogP contribution is -2.43. The van der Waals surface area contributed by atoms with E-state index in [-0.39, 0.29) is 35.5 Å². The van der Waals surface area contributed by atoms with Crippen LogP contribution in [0.15, 0.2) is 0 Å². The SMILES string of the molecule is CC1CCC(NC(=O)C2CCC3C(=O)N(C)C(=O)C3C2)CC1. The summed E-state index contributed by atoms with van der Waals surface area (Å²) in [5.74, 6) is 0.137. The molecule has 0 bridgehead atoms. The van der Waals surface area contributed by atoms with Gasteiger partial charge in [0.1, 0.15) is 0 Å². The van der Waals surface area contributed by atoms with Crippen molar-refractivity contribution in [1.29, 1.82) is 0 Å². The van der Waals surface area contributed by atoms with E-state index in [1.165, 1.54) is 17.7 Å². The number of imide groups is 1. The molecule has 0 aromatic rings. The molecule has 2 aliphatic carbocycles. The highest BCUT2D eigenvalue weighted by Crippen LogP contribution is 2.40. The third kappa shape index (κ3) is 2.77. The first-order chi connectivity index (χ1) is 10.5. The van der Waals surface area contributed by atoms with Gasteiger partial charge in [-0.2, -0.15) is 0 Å². The first-order valence-electron chi connectivity index (χ1n) is 8.59. The number of hydrogen-bond donors (Lipinski definition) is 1.